The topological polar surface area (TPSA) is 32.7 Å². The van der Waals surface area contributed by atoms with Gasteiger partial charge in [0.15, 0.2) is 0 Å². The third-order valence-corrected chi connectivity index (χ3v) is 2.70. The monoisotopic (exact) mass is 237 g/mol. The van der Waals surface area contributed by atoms with Crippen LogP contribution in [0.4, 0.5) is 0 Å². The van der Waals surface area contributed by atoms with Gasteiger partial charge in [-0.3, -0.25) is 0 Å². The van der Waals surface area contributed by atoms with Gasteiger partial charge >= 0.3 is 0 Å². The van der Waals surface area contributed by atoms with Gasteiger partial charge in [-0.05, 0) is 51.1 Å². The summed E-state index contributed by atoms with van der Waals surface area (Å²) < 4.78 is 5.81. The molecule has 0 aromatic heterocycles. The highest BCUT2D eigenvalue weighted by Crippen LogP contribution is 2.24. The number of nitrogens with zero attached hydrogens (tertiary/aromatic N) is 1. The van der Waals surface area contributed by atoms with Crippen molar-refractivity contribution in [2.75, 3.05) is 27.2 Å². The van der Waals surface area contributed by atoms with Crippen LogP contribution < -0.4 is 4.74 Å². The van der Waals surface area contributed by atoms with Crippen molar-refractivity contribution < 1.29 is 9.84 Å². The number of aliphatic hydroxyl groups excluding tert-OH is 1. The average Bonchev–Trinajstić information content (AvgIpc) is 2.26. The molecule has 0 unspecified atom stereocenters. The van der Waals surface area contributed by atoms with E-state index in [-0.39, 0.29) is 6.61 Å². The van der Waals surface area contributed by atoms with Crippen molar-refractivity contribution >= 4 is 0 Å². The molecule has 0 saturated heterocycles. The van der Waals surface area contributed by atoms with E-state index in [2.05, 4.69) is 19.0 Å². The Balaban J connectivity index is 2.59. The summed E-state index contributed by atoms with van der Waals surface area (Å²) in [7, 11) is 4.12. The van der Waals surface area contributed by atoms with Crippen molar-refractivity contribution in [3.8, 4) is 5.75 Å². The number of hydrogen-bond donors (Lipinski definition) is 1. The quantitative estimate of drug-likeness (QED) is 0.769. The zero-order chi connectivity index (χ0) is 12.8. The predicted octanol–water partition coefficient (Wildman–Crippen LogP) is 2.13. The zero-order valence-corrected chi connectivity index (χ0v) is 11.3. The van der Waals surface area contributed by atoms with Gasteiger partial charge in [0.25, 0.3) is 0 Å². The normalized spacial score (nSPS) is 10.9. The molecule has 0 amide bonds. The summed E-state index contributed by atoms with van der Waals surface area (Å²) in [6.07, 6.45) is 1.02. The van der Waals surface area contributed by atoms with Gasteiger partial charge < -0.3 is 14.7 Å². The number of rotatable bonds is 6. The fraction of sp³-hybridized carbons (Fsp3) is 0.571. The molecule has 0 aliphatic heterocycles. The summed E-state index contributed by atoms with van der Waals surface area (Å²) in [6, 6.07) is 3.96. The molecule has 0 fully saturated rings. The van der Waals surface area contributed by atoms with Crippen LogP contribution in [0.2, 0.25) is 0 Å². The Morgan fingerprint density at radius 3 is 2.24 bits per heavy atom. The van der Waals surface area contributed by atoms with Crippen molar-refractivity contribution in [3.05, 3.63) is 28.8 Å². The lowest BCUT2D eigenvalue weighted by molar-refractivity contribution is 0.275. The largest absolute Gasteiger partial charge is 0.493 e. The Morgan fingerprint density at radius 1 is 1.18 bits per heavy atom. The van der Waals surface area contributed by atoms with E-state index in [9.17, 15) is 0 Å². The van der Waals surface area contributed by atoms with Crippen LogP contribution in [0, 0.1) is 13.8 Å². The maximum Gasteiger partial charge on any atom is 0.125 e. The van der Waals surface area contributed by atoms with Crippen LogP contribution in [-0.4, -0.2) is 37.3 Å². The molecular weight excluding hydrogens is 214 g/mol. The Morgan fingerprint density at radius 2 is 1.76 bits per heavy atom. The zero-order valence-electron chi connectivity index (χ0n) is 11.3. The molecule has 1 rings (SSSR count). The number of ether oxygens (including phenoxy) is 1. The maximum absolute atomic E-state index is 9.11. The lowest BCUT2D eigenvalue weighted by Gasteiger charge is -2.14. The van der Waals surface area contributed by atoms with Crippen molar-refractivity contribution in [3.63, 3.8) is 0 Å². The van der Waals surface area contributed by atoms with Gasteiger partial charge in [0.05, 0.1) is 13.2 Å². The van der Waals surface area contributed by atoms with Crippen LogP contribution in [0.1, 0.15) is 23.1 Å². The summed E-state index contributed by atoms with van der Waals surface area (Å²) >= 11 is 0. The first-order valence-corrected chi connectivity index (χ1v) is 6.03. The van der Waals surface area contributed by atoms with E-state index in [1.54, 1.807) is 0 Å². The highest BCUT2D eigenvalue weighted by Gasteiger charge is 2.06. The number of benzene rings is 1. The van der Waals surface area contributed by atoms with Gasteiger partial charge in [0.2, 0.25) is 0 Å². The van der Waals surface area contributed by atoms with Crippen molar-refractivity contribution in [1.82, 2.24) is 4.90 Å². The molecule has 0 aliphatic rings. The summed E-state index contributed by atoms with van der Waals surface area (Å²) in [5.74, 6) is 0.959. The lowest BCUT2D eigenvalue weighted by Crippen LogP contribution is -2.15. The highest BCUT2D eigenvalue weighted by molar-refractivity contribution is 5.43. The minimum absolute atomic E-state index is 0.0859. The molecule has 3 heteroatoms. The number of hydrogen-bond acceptors (Lipinski definition) is 3. The molecule has 3 nitrogen and oxygen atoms in total. The second-order valence-electron chi connectivity index (χ2n) is 4.72. The molecule has 0 radical (unpaired) electrons. The first-order chi connectivity index (χ1) is 8.04. The van der Waals surface area contributed by atoms with E-state index >= 15 is 0 Å². The Bertz CT molecular complexity index is 338. The third kappa shape index (κ3) is 4.36. The van der Waals surface area contributed by atoms with E-state index in [0.29, 0.717) is 0 Å². The SMILES string of the molecule is Cc1cc(CO)cc(C)c1OCCCN(C)C. The van der Waals surface area contributed by atoms with Crippen LogP contribution in [0.5, 0.6) is 5.75 Å². The van der Waals surface area contributed by atoms with Gasteiger partial charge in [-0.2, -0.15) is 0 Å². The molecule has 96 valence electrons. The van der Waals surface area contributed by atoms with Crippen molar-refractivity contribution in [2.24, 2.45) is 0 Å². The molecule has 0 spiro atoms. The summed E-state index contributed by atoms with van der Waals surface area (Å²) in [6.45, 7) is 5.90. The predicted molar refractivity (Wildman–Crippen MR) is 70.5 cm³/mol. The number of aryl methyl sites for hydroxylation is 2. The standard InChI is InChI=1S/C14H23NO2/c1-11-8-13(10-16)9-12(2)14(11)17-7-5-6-15(3)4/h8-9,16H,5-7,10H2,1-4H3. The van der Waals surface area contributed by atoms with Gasteiger partial charge in [0.1, 0.15) is 5.75 Å². The fourth-order valence-electron chi connectivity index (χ4n) is 1.91. The van der Waals surface area contributed by atoms with E-state index < -0.39 is 0 Å². The Hall–Kier alpha value is -1.06. The summed E-state index contributed by atoms with van der Waals surface area (Å²) in [4.78, 5) is 2.15. The first kappa shape index (κ1) is 14.0. The molecule has 1 N–H and O–H groups in total. The molecule has 1 aromatic rings. The van der Waals surface area contributed by atoms with Gasteiger partial charge in [-0.1, -0.05) is 12.1 Å². The van der Waals surface area contributed by atoms with E-state index in [1.165, 1.54) is 0 Å². The average molecular weight is 237 g/mol. The minimum atomic E-state index is 0.0859. The Labute approximate surface area is 104 Å². The van der Waals surface area contributed by atoms with E-state index in [4.69, 9.17) is 9.84 Å². The summed E-state index contributed by atoms with van der Waals surface area (Å²) in [5.41, 5.74) is 3.14. The van der Waals surface area contributed by atoms with Crippen molar-refractivity contribution in [2.45, 2.75) is 26.9 Å². The van der Waals surface area contributed by atoms with Crippen LogP contribution in [0.15, 0.2) is 12.1 Å². The maximum atomic E-state index is 9.11. The molecule has 0 bridgehead atoms. The van der Waals surface area contributed by atoms with Crippen LogP contribution >= 0.6 is 0 Å². The van der Waals surface area contributed by atoms with E-state index in [1.807, 2.05) is 26.0 Å². The van der Waals surface area contributed by atoms with Crippen molar-refractivity contribution in [1.29, 1.82) is 0 Å². The molecule has 1 aromatic carbocycles. The van der Waals surface area contributed by atoms with Crippen LogP contribution in [0.3, 0.4) is 0 Å². The molecule has 0 heterocycles. The number of aliphatic hydroxyl groups is 1. The molecule has 17 heavy (non-hydrogen) atoms. The molecule has 0 saturated carbocycles. The Kier molecular flexibility index (Phi) is 5.45. The molecular formula is C14H23NO2. The lowest BCUT2D eigenvalue weighted by atomic mass is 10.1. The van der Waals surface area contributed by atoms with Crippen LogP contribution in [-0.2, 0) is 6.61 Å². The first-order valence-electron chi connectivity index (χ1n) is 6.03. The third-order valence-electron chi connectivity index (χ3n) is 2.70. The molecule has 0 aliphatic carbocycles. The molecule has 0 atom stereocenters. The second kappa shape index (κ2) is 6.62. The minimum Gasteiger partial charge on any atom is -0.493 e. The smallest absolute Gasteiger partial charge is 0.125 e. The van der Waals surface area contributed by atoms with Gasteiger partial charge in [-0.25, -0.2) is 0 Å². The fourth-order valence-corrected chi connectivity index (χ4v) is 1.91. The highest BCUT2D eigenvalue weighted by atomic mass is 16.5. The van der Waals surface area contributed by atoms with Gasteiger partial charge in [0, 0.05) is 6.54 Å². The second-order valence-corrected chi connectivity index (χ2v) is 4.72. The summed E-state index contributed by atoms with van der Waals surface area (Å²) in [5, 5.41) is 9.11. The van der Waals surface area contributed by atoms with Gasteiger partial charge in [-0.15, -0.1) is 0 Å². The van der Waals surface area contributed by atoms with E-state index in [0.717, 1.165) is 42.0 Å². The van der Waals surface area contributed by atoms with Crippen LogP contribution in [0.25, 0.3) is 0 Å².